The van der Waals surface area contributed by atoms with E-state index in [1.54, 1.807) is 41.3 Å². The molecule has 2 aromatic rings. The van der Waals surface area contributed by atoms with E-state index in [0.717, 1.165) is 19.3 Å². The number of anilines is 1. The zero-order valence-corrected chi connectivity index (χ0v) is 15.2. The fourth-order valence-corrected chi connectivity index (χ4v) is 4.42. The molecule has 0 unspecified atom stereocenters. The van der Waals surface area contributed by atoms with Crippen molar-refractivity contribution in [2.24, 2.45) is 0 Å². The van der Waals surface area contributed by atoms with Gasteiger partial charge < -0.3 is 4.90 Å². The molecular weight excluding hydrogens is 360 g/mol. The Labute approximate surface area is 152 Å². The average molecular weight is 379 g/mol. The Kier molecular flexibility index (Phi) is 5.30. The molecule has 7 heteroatoms. The van der Waals surface area contributed by atoms with Crippen LogP contribution in [-0.4, -0.2) is 32.3 Å². The van der Waals surface area contributed by atoms with Crippen molar-refractivity contribution < 1.29 is 13.2 Å². The van der Waals surface area contributed by atoms with Crippen molar-refractivity contribution in [1.82, 2.24) is 4.90 Å². The number of carbonyl (C=O) groups excluding carboxylic acids is 1. The highest BCUT2D eigenvalue weighted by Gasteiger charge is 2.23. The highest BCUT2D eigenvalue weighted by Crippen LogP contribution is 2.26. The van der Waals surface area contributed by atoms with E-state index in [0.29, 0.717) is 24.3 Å². The number of hydrogen-bond acceptors (Lipinski definition) is 3. The second-order valence-corrected chi connectivity index (χ2v) is 8.03. The van der Waals surface area contributed by atoms with Crippen LogP contribution >= 0.6 is 11.6 Å². The number of likely N-dealkylation sites (tertiary alicyclic amines) is 1. The summed E-state index contributed by atoms with van der Waals surface area (Å²) in [5.41, 5.74) is 0.770. The molecule has 1 aliphatic heterocycles. The van der Waals surface area contributed by atoms with Crippen LogP contribution in [-0.2, 0) is 10.0 Å². The van der Waals surface area contributed by atoms with Gasteiger partial charge in [-0.2, -0.15) is 0 Å². The largest absolute Gasteiger partial charge is 0.339 e. The summed E-state index contributed by atoms with van der Waals surface area (Å²) in [5, 5.41) is 0.0821. The van der Waals surface area contributed by atoms with Gasteiger partial charge in [0.2, 0.25) is 0 Å². The maximum absolute atomic E-state index is 12.7. The molecule has 0 saturated carbocycles. The molecule has 0 aliphatic carbocycles. The van der Waals surface area contributed by atoms with Gasteiger partial charge in [-0.25, -0.2) is 8.42 Å². The third kappa shape index (κ3) is 4.14. The summed E-state index contributed by atoms with van der Waals surface area (Å²) in [4.78, 5) is 14.3. The van der Waals surface area contributed by atoms with Crippen molar-refractivity contribution >= 4 is 33.2 Å². The van der Waals surface area contributed by atoms with Gasteiger partial charge in [0.1, 0.15) is 4.90 Å². The first-order valence-electron chi connectivity index (χ1n) is 8.14. The molecule has 1 aliphatic rings. The van der Waals surface area contributed by atoms with E-state index in [1.807, 2.05) is 0 Å². The van der Waals surface area contributed by atoms with E-state index in [2.05, 4.69) is 4.72 Å². The standard InChI is InChI=1S/C18H19ClN2O3S/c19-16-10-9-14(18(22)21-11-5-2-6-12-21)13-17(16)25(23,24)20-15-7-3-1-4-8-15/h1,3-4,7-10,13,20H,2,5-6,11-12H2. The van der Waals surface area contributed by atoms with E-state index >= 15 is 0 Å². The van der Waals surface area contributed by atoms with Crippen LogP contribution in [0.25, 0.3) is 0 Å². The first-order valence-corrected chi connectivity index (χ1v) is 10.0. The predicted octanol–water partition coefficient (Wildman–Crippen LogP) is 3.77. The maximum atomic E-state index is 12.7. The lowest BCUT2D eigenvalue weighted by atomic mass is 10.1. The second-order valence-electron chi connectivity index (χ2n) is 5.97. The Hall–Kier alpha value is -2.05. The van der Waals surface area contributed by atoms with E-state index < -0.39 is 10.0 Å². The summed E-state index contributed by atoms with van der Waals surface area (Å²) >= 11 is 6.09. The summed E-state index contributed by atoms with van der Waals surface area (Å²) in [6.07, 6.45) is 3.06. The molecule has 1 heterocycles. The van der Waals surface area contributed by atoms with Gasteiger partial charge in [0.05, 0.1) is 5.02 Å². The lowest BCUT2D eigenvalue weighted by Crippen LogP contribution is -2.35. The summed E-state index contributed by atoms with van der Waals surface area (Å²) in [6, 6.07) is 12.9. The van der Waals surface area contributed by atoms with Gasteiger partial charge in [0.25, 0.3) is 15.9 Å². The first kappa shape index (κ1) is 17.8. The molecule has 0 aromatic heterocycles. The summed E-state index contributed by atoms with van der Waals surface area (Å²) in [6.45, 7) is 1.40. The van der Waals surface area contributed by atoms with Crippen LogP contribution in [0.5, 0.6) is 0 Å². The zero-order chi connectivity index (χ0) is 17.9. The minimum atomic E-state index is -3.88. The molecule has 132 valence electrons. The molecule has 5 nitrogen and oxygen atoms in total. The van der Waals surface area contributed by atoms with Gasteiger partial charge in [0.15, 0.2) is 0 Å². The lowest BCUT2D eigenvalue weighted by molar-refractivity contribution is 0.0724. The van der Waals surface area contributed by atoms with Crippen molar-refractivity contribution in [3.8, 4) is 0 Å². The first-order chi connectivity index (χ1) is 12.0. The van der Waals surface area contributed by atoms with Crippen LogP contribution in [0.2, 0.25) is 5.02 Å². The van der Waals surface area contributed by atoms with Crippen LogP contribution in [0.3, 0.4) is 0 Å². The van der Waals surface area contributed by atoms with Gasteiger partial charge in [0, 0.05) is 24.3 Å². The number of nitrogens with one attached hydrogen (secondary N) is 1. The smallest absolute Gasteiger partial charge is 0.263 e. The van der Waals surface area contributed by atoms with Crippen LogP contribution in [0.15, 0.2) is 53.4 Å². The third-order valence-electron chi connectivity index (χ3n) is 4.14. The third-order valence-corrected chi connectivity index (χ3v) is 6.00. The molecule has 1 amide bonds. The van der Waals surface area contributed by atoms with Crippen LogP contribution in [0, 0.1) is 0 Å². The molecular formula is C18H19ClN2O3S. The number of carbonyl (C=O) groups is 1. The molecule has 0 bridgehead atoms. The number of piperidine rings is 1. The number of benzene rings is 2. The van der Waals surface area contributed by atoms with E-state index in [9.17, 15) is 13.2 Å². The summed E-state index contributed by atoms with van der Waals surface area (Å²) < 4.78 is 27.8. The van der Waals surface area contributed by atoms with Crippen molar-refractivity contribution in [2.75, 3.05) is 17.8 Å². The SMILES string of the molecule is O=C(c1ccc(Cl)c(S(=O)(=O)Nc2ccccc2)c1)N1CCCCC1. The number of hydrogen-bond donors (Lipinski definition) is 1. The van der Waals surface area contributed by atoms with Crippen LogP contribution in [0.1, 0.15) is 29.6 Å². The minimum Gasteiger partial charge on any atom is -0.339 e. The minimum absolute atomic E-state index is 0.0821. The Bertz CT molecular complexity index is 863. The predicted molar refractivity (Wildman–Crippen MR) is 98.5 cm³/mol. The van der Waals surface area contributed by atoms with E-state index in [-0.39, 0.29) is 15.8 Å². The monoisotopic (exact) mass is 378 g/mol. The number of nitrogens with zero attached hydrogens (tertiary/aromatic N) is 1. The fourth-order valence-electron chi connectivity index (χ4n) is 2.84. The van der Waals surface area contributed by atoms with Gasteiger partial charge in [-0.1, -0.05) is 29.8 Å². The quantitative estimate of drug-likeness (QED) is 0.880. The molecule has 0 atom stereocenters. The number of rotatable bonds is 4. The molecule has 25 heavy (non-hydrogen) atoms. The number of para-hydroxylation sites is 1. The van der Waals surface area contributed by atoms with E-state index in [1.165, 1.54) is 12.1 Å². The Morgan fingerprint density at radius 3 is 2.36 bits per heavy atom. The molecule has 0 spiro atoms. The zero-order valence-electron chi connectivity index (χ0n) is 13.6. The van der Waals surface area contributed by atoms with Gasteiger partial charge in [-0.3, -0.25) is 9.52 Å². The van der Waals surface area contributed by atoms with E-state index in [4.69, 9.17) is 11.6 Å². The Morgan fingerprint density at radius 1 is 1.00 bits per heavy atom. The number of amides is 1. The second kappa shape index (κ2) is 7.45. The van der Waals surface area contributed by atoms with Crippen molar-refractivity contribution in [2.45, 2.75) is 24.2 Å². The van der Waals surface area contributed by atoms with Crippen molar-refractivity contribution in [3.63, 3.8) is 0 Å². The topological polar surface area (TPSA) is 66.5 Å². The molecule has 0 radical (unpaired) electrons. The average Bonchev–Trinajstić information content (AvgIpc) is 2.62. The maximum Gasteiger partial charge on any atom is 0.263 e. The highest BCUT2D eigenvalue weighted by molar-refractivity contribution is 7.92. The molecule has 1 saturated heterocycles. The fraction of sp³-hybridized carbons (Fsp3) is 0.278. The van der Waals surface area contributed by atoms with Crippen molar-refractivity contribution in [1.29, 1.82) is 0 Å². The molecule has 1 N–H and O–H groups in total. The number of halogens is 1. The highest BCUT2D eigenvalue weighted by atomic mass is 35.5. The normalized spacial score (nSPS) is 15.0. The summed E-state index contributed by atoms with van der Waals surface area (Å²) in [7, 11) is -3.88. The number of sulfonamides is 1. The molecule has 2 aromatic carbocycles. The van der Waals surface area contributed by atoms with Gasteiger partial charge in [-0.05, 0) is 49.6 Å². The molecule has 3 rings (SSSR count). The molecule has 1 fully saturated rings. The Morgan fingerprint density at radius 2 is 1.68 bits per heavy atom. The van der Waals surface area contributed by atoms with Crippen LogP contribution in [0.4, 0.5) is 5.69 Å². The lowest BCUT2D eigenvalue weighted by Gasteiger charge is -2.27. The van der Waals surface area contributed by atoms with Gasteiger partial charge >= 0.3 is 0 Å². The van der Waals surface area contributed by atoms with Crippen molar-refractivity contribution in [3.05, 3.63) is 59.1 Å². The van der Waals surface area contributed by atoms with Crippen LogP contribution < -0.4 is 4.72 Å². The summed E-state index contributed by atoms with van der Waals surface area (Å²) in [5.74, 6) is -0.160. The Balaban J connectivity index is 1.89. The van der Waals surface area contributed by atoms with Gasteiger partial charge in [-0.15, -0.1) is 0 Å².